The van der Waals surface area contributed by atoms with Gasteiger partial charge in [0, 0.05) is 24.6 Å². The van der Waals surface area contributed by atoms with Crippen LogP contribution >= 0.6 is 0 Å². The van der Waals surface area contributed by atoms with Crippen molar-refractivity contribution in [2.24, 2.45) is 0 Å². The molecule has 0 radical (unpaired) electrons. The van der Waals surface area contributed by atoms with Gasteiger partial charge < -0.3 is 10.6 Å². The molecular weight excluding hydrogens is 312 g/mol. The Hall–Kier alpha value is -2.62. The number of carbonyl (C=O) groups excluding carboxylic acids is 2. The second kappa shape index (κ2) is 9.62. The molecule has 0 spiro atoms. The van der Waals surface area contributed by atoms with Crippen LogP contribution in [0.3, 0.4) is 0 Å². The summed E-state index contributed by atoms with van der Waals surface area (Å²) in [5, 5.41) is 5.86. The number of aryl methyl sites for hydroxylation is 1. The molecule has 0 aliphatic rings. The highest BCUT2D eigenvalue weighted by Gasteiger charge is 2.08. The molecule has 0 heterocycles. The first-order valence-electron chi connectivity index (χ1n) is 8.79. The minimum absolute atomic E-state index is 0.0300. The predicted molar refractivity (Wildman–Crippen MR) is 100 cm³/mol. The highest BCUT2D eigenvalue weighted by atomic mass is 16.2. The monoisotopic (exact) mass is 338 g/mol. The lowest BCUT2D eigenvalue weighted by Crippen LogP contribution is -2.31. The summed E-state index contributed by atoms with van der Waals surface area (Å²) in [6, 6.07) is 17.5. The summed E-state index contributed by atoms with van der Waals surface area (Å²) in [4.78, 5) is 24.0. The van der Waals surface area contributed by atoms with Gasteiger partial charge in [0.25, 0.3) is 5.91 Å². The average Bonchev–Trinajstić information content (AvgIpc) is 2.65. The van der Waals surface area contributed by atoms with Crippen LogP contribution in [0.1, 0.15) is 48.2 Å². The molecule has 2 rings (SSSR count). The quantitative estimate of drug-likeness (QED) is 0.774. The summed E-state index contributed by atoms with van der Waals surface area (Å²) in [5.74, 6) is -0.0322. The van der Waals surface area contributed by atoms with Gasteiger partial charge in [0.1, 0.15) is 0 Å². The first kappa shape index (κ1) is 18.7. The molecule has 0 aliphatic heterocycles. The van der Waals surface area contributed by atoms with Crippen LogP contribution in [0.5, 0.6) is 0 Å². The topological polar surface area (TPSA) is 58.2 Å². The highest BCUT2D eigenvalue weighted by Crippen LogP contribution is 2.06. The second-order valence-electron chi connectivity index (χ2n) is 6.24. The lowest BCUT2D eigenvalue weighted by atomic mass is 10.1. The fraction of sp³-hybridized carbons (Fsp3) is 0.333. The minimum Gasteiger partial charge on any atom is -0.352 e. The van der Waals surface area contributed by atoms with E-state index in [4.69, 9.17) is 0 Å². The van der Waals surface area contributed by atoms with Gasteiger partial charge in [0.2, 0.25) is 5.91 Å². The fourth-order valence-electron chi connectivity index (χ4n) is 2.37. The van der Waals surface area contributed by atoms with E-state index in [1.165, 1.54) is 0 Å². The number of rotatable bonds is 8. The van der Waals surface area contributed by atoms with E-state index in [0.29, 0.717) is 18.5 Å². The molecule has 25 heavy (non-hydrogen) atoms. The normalized spacial score (nSPS) is 11.6. The average molecular weight is 338 g/mol. The molecule has 4 heteroatoms. The molecule has 0 saturated heterocycles. The SMILES string of the molecule is CCC(C)NC(=O)c1ccc(CNC(=O)CCc2ccccc2)cc1. The molecule has 0 saturated carbocycles. The van der Waals surface area contributed by atoms with Crippen molar-refractivity contribution < 1.29 is 9.59 Å². The van der Waals surface area contributed by atoms with Crippen molar-refractivity contribution in [3.8, 4) is 0 Å². The Kier molecular flexibility index (Phi) is 7.20. The van der Waals surface area contributed by atoms with Gasteiger partial charge in [0.05, 0.1) is 0 Å². The minimum atomic E-state index is -0.0622. The number of hydrogen-bond acceptors (Lipinski definition) is 2. The Bertz CT molecular complexity index is 681. The van der Waals surface area contributed by atoms with E-state index in [9.17, 15) is 9.59 Å². The smallest absolute Gasteiger partial charge is 0.251 e. The molecule has 0 bridgehead atoms. The van der Waals surface area contributed by atoms with Crippen molar-refractivity contribution in [3.63, 3.8) is 0 Å². The van der Waals surface area contributed by atoms with Gasteiger partial charge in [-0.2, -0.15) is 0 Å². The molecule has 2 amide bonds. The molecule has 0 aromatic heterocycles. The van der Waals surface area contributed by atoms with Gasteiger partial charge in [-0.3, -0.25) is 9.59 Å². The Morgan fingerprint density at radius 2 is 1.64 bits per heavy atom. The van der Waals surface area contributed by atoms with E-state index in [1.54, 1.807) is 12.1 Å². The van der Waals surface area contributed by atoms with Crippen molar-refractivity contribution in [1.82, 2.24) is 10.6 Å². The third kappa shape index (κ3) is 6.42. The Labute approximate surface area is 149 Å². The van der Waals surface area contributed by atoms with Crippen molar-refractivity contribution in [3.05, 3.63) is 71.3 Å². The van der Waals surface area contributed by atoms with E-state index >= 15 is 0 Å². The third-order valence-electron chi connectivity index (χ3n) is 4.18. The molecule has 4 nitrogen and oxygen atoms in total. The van der Waals surface area contributed by atoms with Crippen LogP contribution in [0, 0.1) is 0 Å². The maximum atomic E-state index is 12.0. The highest BCUT2D eigenvalue weighted by molar-refractivity contribution is 5.94. The fourth-order valence-corrected chi connectivity index (χ4v) is 2.37. The zero-order valence-corrected chi connectivity index (χ0v) is 14.9. The van der Waals surface area contributed by atoms with E-state index < -0.39 is 0 Å². The van der Waals surface area contributed by atoms with Crippen molar-refractivity contribution >= 4 is 11.8 Å². The summed E-state index contributed by atoms with van der Waals surface area (Å²) in [6.45, 7) is 4.49. The van der Waals surface area contributed by atoms with Gasteiger partial charge >= 0.3 is 0 Å². The predicted octanol–water partition coefficient (Wildman–Crippen LogP) is 3.46. The summed E-state index contributed by atoms with van der Waals surface area (Å²) in [7, 11) is 0. The van der Waals surface area contributed by atoms with Gasteiger partial charge in [-0.25, -0.2) is 0 Å². The summed E-state index contributed by atoms with van der Waals surface area (Å²) >= 11 is 0. The number of nitrogens with one attached hydrogen (secondary N) is 2. The van der Waals surface area contributed by atoms with E-state index in [-0.39, 0.29) is 17.9 Å². The van der Waals surface area contributed by atoms with E-state index in [1.807, 2.05) is 56.3 Å². The third-order valence-corrected chi connectivity index (χ3v) is 4.18. The van der Waals surface area contributed by atoms with E-state index in [2.05, 4.69) is 10.6 Å². The second-order valence-corrected chi connectivity index (χ2v) is 6.24. The van der Waals surface area contributed by atoms with Crippen LogP contribution in [-0.4, -0.2) is 17.9 Å². The Morgan fingerprint density at radius 1 is 0.960 bits per heavy atom. The molecule has 0 fully saturated rings. The summed E-state index contributed by atoms with van der Waals surface area (Å²) < 4.78 is 0. The Balaban J connectivity index is 1.77. The first-order valence-corrected chi connectivity index (χ1v) is 8.79. The molecule has 1 atom stereocenters. The number of amides is 2. The zero-order chi connectivity index (χ0) is 18.1. The van der Waals surface area contributed by atoms with Crippen LogP contribution in [-0.2, 0) is 17.8 Å². The van der Waals surface area contributed by atoms with Crippen molar-refractivity contribution in [2.75, 3.05) is 0 Å². The molecule has 2 aromatic carbocycles. The summed E-state index contributed by atoms with van der Waals surface area (Å²) in [6.07, 6.45) is 2.11. The van der Waals surface area contributed by atoms with Crippen molar-refractivity contribution in [2.45, 2.75) is 45.7 Å². The van der Waals surface area contributed by atoms with Crippen LogP contribution in [0.15, 0.2) is 54.6 Å². The van der Waals surface area contributed by atoms with Gasteiger partial charge in [-0.15, -0.1) is 0 Å². The number of carbonyl (C=O) groups is 2. The largest absolute Gasteiger partial charge is 0.352 e. The summed E-state index contributed by atoms with van der Waals surface area (Å²) in [5.41, 5.74) is 2.78. The molecular formula is C21H26N2O2. The number of hydrogen-bond donors (Lipinski definition) is 2. The van der Waals surface area contributed by atoms with Crippen LogP contribution in [0.4, 0.5) is 0 Å². The molecule has 2 N–H and O–H groups in total. The standard InChI is InChI=1S/C21H26N2O2/c1-3-16(2)23-21(25)19-12-9-18(10-13-19)15-22-20(24)14-11-17-7-5-4-6-8-17/h4-10,12-13,16H,3,11,14-15H2,1-2H3,(H,22,24)(H,23,25). The zero-order valence-electron chi connectivity index (χ0n) is 14.9. The molecule has 0 aliphatic carbocycles. The van der Waals surface area contributed by atoms with Gasteiger partial charge in [-0.1, -0.05) is 49.4 Å². The maximum Gasteiger partial charge on any atom is 0.251 e. The maximum absolute atomic E-state index is 12.0. The lowest BCUT2D eigenvalue weighted by Gasteiger charge is -2.11. The van der Waals surface area contributed by atoms with E-state index in [0.717, 1.165) is 24.0 Å². The number of benzene rings is 2. The van der Waals surface area contributed by atoms with Crippen LogP contribution in [0.25, 0.3) is 0 Å². The van der Waals surface area contributed by atoms with Crippen LogP contribution in [0.2, 0.25) is 0 Å². The van der Waals surface area contributed by atoms with Crippen molar-refractivity contribution in [1.29, 1.82) is 0 Å². The van der Waals surface area contributed by atoms with Gasteiger partial charge in [0.15, 0.2) is 0 Å². The molecule has 2 aromatic rings. The Morgan fingerprint density at radius 3 is 2.28 bits per heavy atom. The van der Waals surface area contributed by atoms with Gasteiger partial charge in [-0.05, 0) is 43.0 Å². The first-order chi connectivity index (χ1) is 12.1. The molecule has 132 valence electrons. The lowest BCUT2D eigenvalue weighted by molar-refractivity contribution is -0.121. The van der Waals surface area contributed by atoms with Crippen LogP contribution < -0.4 is 10.6 Å². The molecule has 1 unspecified atom stereocenters.